The van der Waals surface area contributed by atoms with Crippen molar-refractivity contribution in [1.29, 1.82) is 0 Å². The highest BCUT2D eigenvalue weighted by Gasteiger charge is 2.22. The van der Waals surface area contributed by atoms with E-state index in [-0.39, 0.29) is 5.91 Å². The van der Waals surface area contributed by atoms with E-state index in [0.29, 0.717) is 37.0 Å². The molecule has 3 heterocycles. The predicted octanol–water partition coefficient (Wildman–Crippen LogP) is 1.30. The maximum atomic E-state index is 12.7. The molecule has 2 aromatic heterocycles. The third kappa shape index (κ3) is 2.94. The van der Waals surface area contributed by atoms with Gasteiger partial charge in [0.25, 0.3) is 5.91 Å². The van der Waals surface area contributed by atoms with Gasteiger partial charge in [-0.3, -0.25) is 9.48 Å². The van der Waals surface area contributed by atoms with Crippen LogP contribution in [0, 0.1) is 0 Å². The molecule has 0 aliphatic carbocycles. The second-order valence-corrected chi connectivity index (χ2v) is 6.41. The van der Waals surface area contributed by atoms with Crippen LogP contribution in [-0.2, 0) is 7.05 Å². The van der Waals surface area contributed by atoms with Crippen LogP contribution in [-0.4, -0.2) is 56.7 Å². The first-order valence-corrected chi connectivity index (χ1v) is 8.68. The number of nitrogens with zero attached hydrogens (tertiary/aromatic N) is 6. The molecule has 3 aromatic rings. The lowest BCUT2D eigenvalue weighted by atomic mass is 10.2. The first-order valence-electron chi connectivity index (χ1n) is 8.68. The highest BCUT2D eigenvalue weighted by molar-refractivity contribution is 5.94. The molecule has 8 heteroatoms. The molecule has 0 unspecified atom stereocenters. The number of hydrogen-bond acceptors (Lipinski definition) is 6. The lowest BCUT2D eigenvalue weighted by Crippen LogP contribution is -2.35. The van der Waals surface area contributed by atoms with Crippen molar-refractivity contribution >= 4 is 28.7 Å². The van der Waals surface area contributed by atoms with E-state index >= 15 is 0 Å². The fourth-order valence-electron chi connectivity index (χ4n) is 3.26. The molecule has 1 saturated heterocycles. The van der Waals surface area contributed by atoms with E-state index in [1.54, 1.807) is 10.9 Å². The van der Waals surface area contributed by atoms with Crippen molar-refractivity contribution in [1.82, 2.24) is 24.6 Å². The number of anilines is 2. The van der Waals surface area contributed by atoms with Crippen LogP contribution in [0.15, 0.2) is 36.5 Å². The highest BCUT2D eigenvalue weighted by Crippen LogP contribution is 2.21. The molecular weight excluding hydrogens is 330 g/mol. The summed E-state index contributed by atoms with van der Waals surface area (Å²) < 4.78 is 1.69. The molecule has 0 radical (unpaired) electrons. The van der Waals surface area contributed by atoms with Crippen LogP contribution in [0.3, 0.4) is 0 Å². The summed E-state index contributed by atoms with van der Waals surface area (Å²) in [5.41, 5.74) is 7.51. The van der Waals surface area contributed by atoms with Gasteiger partial charge in [0.1, 0.15) is 5.82 Å². The molecule has 2 N–H and O–H groups in total. The van der Waals surface area contributed by atoms with Crippen molar-refractivity contribution in [2.75, 3.05) is 36.8 Å². The molecule has 1 amide bonds. The molecule has 134 valence electrons. The molecule has 1 fully saturated rings. The molecule has 0 atom stereocenters. The number of carbonyl (C=O) groups excluding carboxylic acids is 1. The molecular formula is C18H21N7O. The first-order chi connectivity index (χ1) is 12.6. The second kappa shape index (κ2) is 6.62. The quantitative estimate of drug-likeness (QED) is 0.748. The van der Waals surface area contributed by atoms with E-state index in [1.165, 1.54) is 0 Å². The Morgan fingerprint density at radius 1 is 1.08 bits per heavy atom. The number of nitrogen functional groups attached to an aromatic ring is 1. The van der Waals surface area contributed by atoms with Crippen molar-refractivity contribution in [3.05, 3.63) is 42.1 Å². The van der Waals surface area contributed by atoms with Gasteiger partial charge in [-0.05, 0) is 18.6 Å². The summed E-state index contributed by atoms with van der Waals surface area (Å²) in [6.45, 7) is 2.79. The van der Waals surface area contributed by atoms with E-state index in [4.69, 9.17) is 5.73 Å². The molecule has 4 rings (SSSR count). The van der Waals surface area contributed by atoms with Crippen molar-refractivity contribution in [3.63, 3.8) is 0 Å². The van der Waals surface area contributed by atoms with Gasteiger partial charge in [0.15, 0.2) is 5.65 Å². The number of aryl methyl sites for hydroxylation is 1. The van der Waals surface area contributed by atoms with Gasteiger partial charge < -0.3 is 15.5 Å². The summed E-state index contributed by atoms with van der Waals surface area (Å²) in [6, 6.07) is 9.39. The number of benzene rings is 1. The van der Waals surface area contributed by atoms with Crippen molar-refractivity contribution < 1.29 is 4.79 Å². The average Bonchev–Trinajstić information content (AvgIpc) is 2.89. The third-order valence-corrected chi connectivity index (χ3v) is 4.70. The minimum atomic E-state index is 0.0648. The fourth-order valence-corrected chi connectivity index (χ4v) is 3.26. The highest BCUT2D eigenvalue weighted by atomic mass is 16.2. The normalized spacial score (nSPS) is 15.3. The van der Waals surface area contributed by atoms with Gasteiger partial charge in [-0.25, -0.2) is 0 Å². The topological polar surface area (TPSA) is 93.2 Å². The maximum absolute atomic E-state index is 12.7. The van der Waals surface area contributed by atoms with E-state index in [2.05, 4.69) is 20.0 Å². The number of carbonyl (C=O) groups is 1. The molecule has 8 nitrogen and oxygen atoms in total. The largest absolute Gasteiger partial charge is 0.383 e. The zero-order valence-electron chi connectivity index (χ0n) is 14.7. The van der Waals surface area contributed by atoms with Crippen LogP contribution >= 0.6 is 0 Å². The Morgan fingerprint density at radius 3 is 2.69 bits per heavy atom. The summed E-state index contributed by atoms with van der Waals surface area (Å²) >= 11 is 0. The molecule has 0 bridgehead atoms. The average molecular weight is 351 g/mol. The van der Waals surface area contributed by atoms with E-state index in [9.17, 15) is 4.79 Å². The van der Waals surface area contributed by atoms with Crippen LogP contribution in [0.5, 0.6) is 0 Å². The molecule has 1 aliphatic rings. The van der Waals surface area contributed by atoms with Gasteiger partial charge >= 0.3 is 0 Å². The summed E-state index contributed by atoms with van der Waals surface area (Å²) in [5, 5.41) is 4.95. The summed E-state index contributed by atoms with van der Waals surface area (Å²) in [5.74, 6) is 1.09. The van der Waals surface area contributed by atoms with Gasteiger partial charge in [-0.1, -0.05) is 18.2 Å². The Bertz CT molecular complexity index is 937. The number of nitrogens with two attached hydrogens (primary N) is 1. The van der Waals surface area contributed by atoms with Crippen LogP contribution < -0.4 is 10.6 Å². The number of amides is 1. The Hall–Kier alpha value is -3.16. The predicted molar refractivity (Wildman–Crippen MR) is 99.9 cm³/mol. The van der Waals surface area contributed by atoms with Crippen LogP contribution in [0.4, 0.5) is 11.8 Å². The zero-order chi connectivity index (χ0) is 18.1. The standard InChI is InChI=1S/C18H21N7O/c1-23-16-14(12-20-23)15(19)21-18(22-16)25-9-5-8-24(10-11-25)17(26)13-6-3-2-4-7-13/h2-4,6-7,12H,5,8-11H2,1H3,(H2,19,21,22). The summed E-state index contributed by atoms with van der Waals surface area (Å²) in [7, 11) is 1.83. The van der Waals surface area contributed by atoms with E-state index in [0.717, 1.165) is 23.9 Å². The van der Waals surface area contributed by atoms with Gasteiger partial charge in [-0.15, -0.1) is 0 Å². The molecule has 0 spiro atoms. The first kappa shape index (κ1) is 16.3. The Labute approximate surface area is 151 Å². The maximum Gasteiger partial charge on any atom is 0.253 e. The lowest BCUT2D eigenvalue weighted by molar-refractivity contribution is 0.0767. The minimum Gasteiger partial charge on any atom is -0.383 e. The lowest BCUT2D eigenvalue weighted by Gasteiger charge is -2.22. The Kier molecular flexibility index (Phi) is 4.16. The van der Waals surface area contributed by atoms with Crippen LogP contribution in [0.1, 0.15) is 16.8 Å². The Morgan fingerprint density at radius 2 is 1.88 bits per heavy atom. The molecule has 26 heavy (non-hydrogen) atoms. The smallest absolute Gasteiger partial charge is 0.253 e. The van der Waals surface area contributed by atoms with Crippen molar-refractivity contribution in [2.45, 2.75) is 6.42 Å². The van der Waals surface area contributed by atoms with E-state index in [1.807, 2.05) is 42.3 Å². The van der Waals surface area contributed by atoms with Crippen LogP contribution in [0.25, 0.3) is 11.0 Å². The second-order valence-electron chi connectivity index (χ2n) is 6.41. The van der Waals surface area contributed by atoms with Crippen LogP contribution in [0.2, 0.25) is 0 Å². The summed E-state index contributed by atoms with van der Waals surface area (Å²) in [6.07, 6.45) is 2.53. The number of rotatable bonds is 2. The Balaban J connectivity index is 1.54. The molecule has 0 saturated carbocycles. The number of fused-ring (bicyclic) bond motifs is 1. The van der Waals surface area contributed by atoms with Gasteiger partial charge in [0.2, 0.25) is 5.95 Å². The fraction of sp³-hybridized carbons (Fsp3) is 0.333. The molecule has 1 aliphatic heterocycles. The zero-order valence-corrected chi connectivity index (χ0v) is 14.7. The minimum absolute atomic E-state index is 0.0648. The van der Waals surface area contributed by atoms with Crippen molar-refractivity contribution in [3.8, 4) is 0 Å². The van der Waals surface area contributed by atoms with Gasteiger partial charge in [0, 0.05) is 38.8 Å². The number of aromatic nitrogens is 4. The molecule has 1 aromatic carbocycles. The van der Waals surface area contributed by atoms with Crippen molar-refractivity contribution in [2.24, 2.45) is 7.05 Å². The monoisotopic (exact) mass is 351 g/mol. The third-order valence-electron chi connectivity index (χ3n) is 4.70. The van der Waals surface area contributed by atoms with E-state index < -0.39 is 0 Å². The van der Waals surface area contributed by atoms with Gasteiger partial charge in [0.05, 0.1) is 11.6 Å². The SMILES string of the molecule is Cn1ncc2c(N)nc(N3CCCN(C(=O)c4ccccc4)CC3)nc21. The number of hydrogen-bond donors (Lipinski definition) is 1. The summed E-state index contributed by atoms with van der Waals surface area (Å²) in [4.78, 5) is 25.7. The van der Waals surface area contributed by atoms with Gasteiger partial charge in [-0.2, -0.15) is 15.1 Å².